The minimum atomic E-state index is -3.40. The second-order valence-electron chi connectivity index (χ2n) is 6.17. The number of piperidine rings is 1. The molecule has 1 aromatic rings. The summed E-state index contributed by atoms with van der Waals surface area (Å²) < 4.78 is 32.5. The Labute approximate surface area is 128 Å². The number of nitrogens with zero attached hydrogens (tertiary/aromatic N) is 1. The molecule has 1 unspecified atom stereocenters. The summed E-state index contributed by atoms with van der Waals surface area (Å²) in [5.74, 6) is 1.39. The van der Waals surface area contributed by atoms with Gasteiger partial charge in [-0.1, -0.05) is 20.8 Å². The van der Waals surface area contributed by atoms with Gasteiger partial charge in [0.1, 0.15) is 5.75 Å². The lowest BCUT2D eigenvalue weighted by Crippen LogP contribution is -2.39. The molecule has 4 nitrogen and oxygen atoms in total. The zero-order valence-electron chi connectivity index (χ0n) is 13.3. The standard InChI is InChI=1S/C16H25NO3S/c1-12(2)15-10-14(7-8-16(15)20-4)21(18,19)17-9-5-6-13(3)11-17/h7-8,10,12-13H,5-6,9,11H2,1-4H3. The largest absolute Gasteiger partial charge is 0.496 e. The van der Waals surface area contributed by atoms with E-state index in [1.54, 1.807) is 29.6 Å². The van der Waals surface area contributed by atoms with Crippen LogP contribution in [0.15, 0.2) is 23.1 Å². The molecule has 1 aliphatic rings. The average molecular weight is 311 g/mol. The molecule has 1 aliphatic heterocycles. The van der Waals surface area contributed by atoms with Crippen molar-refractivity contribution >= 4 is 10.0 Å². The van der Waals surface area contributed by atoms with Gasteiger partial charge in [-0.15, -0.1) is 0 Å². The van der Waals surface area contributed by atoms with Crippen molar-refractivity contribution in [3.63, 3.8) is 0 Å². The molecule has 118 valence electrons. The summed E-state index contributed by atoms with van der Waals surface area (Å²) in [6.07, 6.45) is 2.04. The predicted molar refractivity (Wildman–Crippen MR) is 84.2 cm³/mol. The van der Waals surface area contributed by atoms with Crippen molar-refractivity contribution in [2.45, 2.75) is 44.4 Å². The molecular weight excluding hydrogens is 286 g/mol. The van der Waals surface area contributed by atoms with Crippen LogP contribution in [0.25, 0.3) is 0 Å². The molecule has 1 aromatic carbocycles. The van der Waals surface area contributed by atoms with E-state index >= 15 is 0 Å². The third-order valence-corrected chi connectivity index (χ3v) is 5.94. The third-order valence-electron chi connectivity index (χ3n) is 4.08. The zero-order chi connectivity index (χ0) is 15.6. The van der Waals surface area contributed by atoms with E-state index < -0.39 is 10.0 Å². The van der Waals surface area contributed by atoms with Crippen LogP contribution in [0.4, 0.5) is 0 Å². The molecule has 0 bridgehead atoms. The van der Waals surface area contributed by atoms with E-state index in [0.29, 0.717) is 23.9 Å². The number of sulfonamides is 1. The highest BCUT2D eigenvalue weighted by Gasteiger charge is 2.29. The first-order valence-electron chi connectivity index (χ1n) is 7.54. The van der Waals surface area contributed by atoms with Crippen molar-refractivity contribution in [3.05, 3.63) is 23.8 Å². The summed E-state index contributed by atoms with van der Waals surface area (Å²) in [4.78, 5) is 0.376. The first-order chi connectivity index (χ1) is 9.86. The van der Waals surface area contributed by atoms with Gasteiger partial charge in [-0.25, -0.2) is 8.42 Å². The molecule has 1 heterocycles. The van der Waals surface area contributed by atoms with E-state index in [9.17, 15) is 8.42 Å². The van der Waals surface area contributed by atoms with Gasteiger partial charge in [0, 0.05) is 13.1 Å². The molecule has 0 aliphatic carbocycles. The van der Waals surface area contributed by atoms with Crippen molar-refractivity contribution in [2.75, 3.05) is 20.2 Å². The lowest BCUT2D eigenvalue weighted by molar-refractivity contribution is 0.281. The molecule has 21 heavy (non-hydrogen) atoms. The number of ether oxygens (including phenoxy) is 1. The van der Waals surface area contributed by atoms with E-state index in [4.69, 9.17) is 4.74 Å². The monoisotopic (exact) mass is 311 g/mol. The Balaban J connectivity index is 2.38. The van der Waals surface area contributed by atoms with Gasteiger partial charge in [-0.2, -0.15) is 4.31 Å². The Morgan fingerprint density at radius 3 is 2.62 bits per heavy atom. The molecule has 0 amide bonds. The number of methoxy groups -OCH3 is 1. The Kier molecular flexibility index (Phi) is 4.94. The molecule has 0 saturated carbocycles. The maximum Gasteiger partial charge on any atom is 0.243 e. The molecule has 0 radical (unpaired) electrons. The van der Waals surface area contributed by atoms with Crippen LogP contribution in [-0.2, 0) is 10.0 Å². The normalized spacial score (nSPS) is 20.7. The van der Waals surface area contributed by atoms with Gasteiger partial charge < -0.3 is 4.74 Å². The fourth-order valence-electron chi connectivity index (χ4n) is 2.84. The van der Waals surface area contributed by atoms with Crippen molar-refractivity contribution in [2.24, 2.45) is 5.92 Å². The van der Waals surface area contributed by atoms with Crippen molar-refractivity contribution in [1.82, 2.24) is 4.31 Å². The van der Waals surface area contributed by atoms with E-state index in [1.165, 1.54) is 0 Å². The highest BCUT2D eigenvalue weighted by molar-refractivity contribution is 7.89. The van der Waals surface area contributed by atoms with Crippen LogP contribution < -0.4 is 4.74 Å². The van der Waals surface area contributed by atoms with Gasteiger partial charge in [0.15, 0.2) is 0 Å². The maximum absolute atomic E-state index is 12.8. The maximum atomic E-state index is 12.8. The van der Waals surface area contributed by atoms with Gasteiger partial charge in [-0.3, -0.25) is 0 Å². The molecule has 1 saturated heterocycles. The SMILES string of the molecule is COc1ccc(S(=O)(=O)N2CCCC(C)C2)cc1C(C)C. The van der Waals surface area contributed by atoms with Gasteiger partial charge in [0.25, 0.3) is 0 Å². The fraction of sp³-hybridized carbons (Fsp3) is 0.625. The molecule has 2 rings (SSSR count). The van der Waals surface area contributed by atoms with Crippen LogP contribution in [0.1, 0.15) is 45.1 Å². The Morgan fingerprint density at radius 1 is 1.33 bits per heavy atom. The van der Waals surface area contributed by atoms with Crippen LogP contribution in [-0.4, -0.2) is 32.9 Å². The highest BCUT2D eigenvalue weighted by atomic mass is 32.2. The summed E-state index contributed by atoms with van der Waals surface area (Å²) in [7, 11) is -1.79. The average Bonchev–Trinajstić information content (AvgIpc) is 2.46. The van der Waals surface area contributed by atoms with Crippen LogP contribution in [0.2, 0.25) is 0 Å². The van der Waals surface area contributed by atoms with Crippen LogP contribution in [0.3, 0.4) is 0 Å². The number of rotatable bonds is 4. The summed E-state index contributed by atoms with van der Waals surface area (Å²) >= 11 is 0. The van der Waals surface area contributed by atoms with Crippen molar-refractivity contribution in [3.8, 4) is 5.75 Å². The van der Waals surface area contributed by atoms with Gasteiger partial charge >= 0.3 is 0 Å². The quantitative estimate of drug-likeness (QED) is 0.857. The minimum Gasteiger partial charge on any atom is -0.496 e. The van der Waals surface area contributed by atoms with E-state index in [0.717, 1.165) is 24.2 Å². The smallest absolute Gasteiger partial charge is 0.243 e. The first-order valence-corrected chi connectivity index (χ1v) is 8.98. The van der Waals surface area contributed by atoms with E-state index in [-0.39, 0.29) is 5.92 Å². The molecule has 0 aromatic heterocycles. The summed E-state index contributed by atoms with van der Waals surface area (Å²) in [6.45, 7) is 7.42. The van der Waals surface area contributed by atoms with Crippen LogP contribution >= 0.6 is 0 Å². The molecule has 0 spiro atoms. The Morgan fingerprint density at radius 2 is 2.05 bits per heavy atom. The predicted octanol–water partition coefficient (Wildman–Crippen LogP) is 3.24. The van der Waals surface area contributed by atoms with Crippen LogP contribution in [0.5, 0.6) is 5.75 Å². The first kappa shape index (κ1) is 16.3. The number of hydrogen-bond acceptors (Lipinski definition) is 3. The second kappa shape index (κ2) is 6.36. The lowest BCUT2D eigenvalue weighted by Gasteiger charge is -2.30. The fourth-order valence-corrected chi connectivity index (χ4v) is 4.47. The summed E-state index contributed by atoms with van der Waals surface area (Å²) in [5.41, 5.74) is 0.934. The Hall–Kier alpha value is -1.07. The highest BCUT2D eigenvalue weighted by Crippen LogP contribution is 2.31. The topological polar surface area (TPSA) is 46.6 Å². The summed E-state index contributed by atoms with van der Waals surface area (Å²) in [5, 5.41) is 0. The van der Waals surface area contributed by atoms with Crippen molar-refractivity contribution in [1.29, 1.82) is 0 Å². The van der Waals surface area contributed by atoms with Gasteiger partial charge in [0.2, 0.25) is 10.0 Å². The van der Waals surface area contributed by atoms with Gasteiger partial charge in [-0.05, 0) is 48.4 Å². The molecular formula is C16H25NO3S. The number of benzene rings is 1. The molecule has 0 N–H and O–H groups in total. The second-order valence-corrected chi connectivity index (χ2v) is 8.11. The zero-order valence-corrected chi connectivity index (χ0v) is 14.1. The van der Waals surface area contributed by atoms with E-state index in [2.05, 4.69) is 6.92 Å². The minimum absolute atomic E-state index is 0.218. The number of hydrogen-bond donors (Lipinski definition) is 0. The van der Waals surface area contributed by atoms with Crippen LogP contribution in [0, 0.1) is 5.92 Å². The summed E-state index contributed by atoms with van der Waals surface area (Å²) in [6, 6.07) is 5.17. The molecule has 5 heteroatoms. The van der Waals surface area contributed by atoms with E-state index in [1.807, 2.05) is 13.8 Å². The molecule has 1 atom stereocenters. The molecule has 1 fully saturated rings. The third kappa shape index (κ3) is 3.40. The van der Waals surface area contributed by atoms with Crippen molar-refractivity contribution < 1.29 is 13.2 Å². The van der Waals surface area contributed by atoms with Gasteiger partial charge in [0.05, 0.1) is 12.0 Å². The Bertz CT molecular complexity index is 596. The lowest BCUT2D eigenvalue weighted by atomic mass is 10.0.